The van der Waals surface area contributed by atoms with Crippen molar-refractivity contribution in [2.75, 3.05) is 26.8 Å². The molecular formula is C20H31Cl3N2O3. The number of ether oxygens (including phenoxy) is 2. The third-order valence-electron chi connectivity index (χ3n) is 4.01. The van der Waals surface area contributed by atoms with E-state index in [1.807, 2.05) is 36.4 Å². The average molecular weight is 454 g/mol. The number of hydrogen-bond donors (Lipinski definition) is 2. The highest BCUT2D eigenvalue weighted by Crippen LogP contribution is 2.20. The minimum Gasteiger partial charge on any atom is -0.492 e. The lowest BCUT2D eigenvalue weighted by Gasteiger charge is -2.20. The van der Waals surface area contributed by atoms with Gasteiger partial charge in [0.2, 0.25) is 0 Å². The molecule has 0 radical (unpaired) electrons. The molecule has 2 unspecified atom stereocenters. The van der Waals surface area contributed by atoms with Crippen LogP contribution in [-0.4, -0.2) is 38.3 Å². The first-order chi connectivity index (χ1) is 12.1. The summed E-state index contributed by atoms with van der Waals surface area (Å²) in [4.78, 5) is 0. The third-order valence-corrected chi connectivity index (χ3v) is 4.24. The van der Waals surface area contributed by atoms with E-state index in [-0.39, 0.29) is 36.4 Å². The molecule has 160 valence electrons. The van der Waals surface area contributed by atoms with Crippen molar-refractivity contribution < 1.29 is 14.9 Å². The van der Waals surface area contributed by atoms with Gasteiger partial charge in [0.15, 0.2) is 0 Å². The quantitative estimate of drug-likeness (QED) is 0.575. The second-order valence-corrected chi connectivity index (χ2v) is 6.51. The normalized spacial score (nSPS) is 12.0. The Morgan fingerprint density at radius 1 is 1.11 bits per heavy atom. The molecule has 2 aromatic rings. The predicted octanol–water partition coefficient (Wildman–Crippen LogP) is 3.60. The summed E-state index contributed by atoms with van der Waals surface area (Å²) in [6.45, 7) is 3.97. The minimum absolute atomic E-state index is 0. The van der Waals surface area contributed by atoms with Crippen LogP contribution in [-0.2, 0) is 11.2 Å². The summed E-state index contributed by atoms with van der Waals surface area (Å²) in [6, 6.07) is 16.3. The third kappa shape index (κ3) is 9.94. The Kier molecular flexibility index (Phi) is 16.5. The summed E-state index contributed by atoms with van der Waals surface area (Å²) in [6.07, 6.45) is 0.913. The fourth-order valence-corrected chi connectivity index (χ4v) is 2.88. The molecule has 5 N–H and O–H groups in total. The molecule has 0 aromatic heterocycles. The summed E-state index contributed by atoms with van der Waals surface area (Å²) in [5.74, 6) is 0.857. The van der Waals surface area contributed by atoms with Gasteiger partial charge in [-0.3, -0.25) is 0 Å². The maximum atomic E-state index is 6.07. The molecule has 2 atom stereocenters. The van der Waals surface area contributed by atoms with Crippen LogP contribution in [0.4, 0.5) is 0 Å². The van der Waals surface area contributed by atoms with Crippen LogP contribution in [0, 0.1) is 0 Å². The number of nitrogens with one attached hydrogen (secondary N) is 1. The van der Waals surface area contributed by atoms with Crippen LogP contribution >= 0.6 is 36.4 Å². The molecule has 0 bridgehead atoms. The maximum Gasteiger partial charge on any atom is 0.119 e. The highest BCUT2D eigenvalue weighted by atomic mass is 35.5. The molecule has 28 heavy (non-hydrogen) atoms. The van der Waals surface area contributed by atoms with Gasteiger partial charge in [0.25, 0.3) is 0 Å². The molecule has 0 saturated heterocycles. The number of hydrogen-bond acceptors (Lipinski definition) is 4. The summed E-state index contributed by atoms with van der Waals surface area (Å²) in [5, 5.41) is 4.26. The summed E-state index contributed by atoms with van der Waals surface area (Å²) in [7, 11) is 1.72. The standard InChI is InChI=1S/C20H27ClN2O2.2ClH.H2O/c1-15(12-16-6-8-19(9-7-16)25-11-10-22)23-14-20(24-2)17-4-3-5-18(21)13-17;;;/h3-9,13,15,20,23H,10-12,14,22H2,1-2H3;2*1H;1H2. The number of nitrogens with two attached hydrogens (primary N) is 1. The van der Waals surface area contributed by atoms with E-state index in [4.69, 9.17) is 26.8 Å². The second kappa shape index (κ2) is 15.8. The summed E-state index contributed by atoms with van der Waals surface area (Å²) < 4.78 is 11.1. The van der Waals surface area contributed by atoms with Crippen LogP contribution in [0.15, 0.2) is 48.5 Å². The zero-order valence-corrected chi connectivity index (χ0v) is 18.6. The lowest BCUT2D eigenvalue weighted by molar-refractivity contribution is 0.0999. The van der Waals surface area contributed by atoms with Crippen LogP contribution in [0.25, 0.3) is 0 Å². The molecule has 0 heterocycles. The van der Waals surface area contributed by atoms with Gasteiger partial charge in [-0.25, -0.2) is 0 Å². The molecule has 0 aliphatic carbocycles. The Morgan fingerprint density at radius 2 is 1.79 bits per heavy atom. The van der Waals surface area contributed by atoms with Crippen molar-refractivity contribution in [1.29, 1.82) is 0 Å². The van der Waals surface area contributed by atoms with Gasteiger partial charge in [-0.15, -0.1) is 24.8 Å². The molecule has 0 fully saturated rings. The highest BCUT2D eigenvalue weighted by Gasteiger charge is 2.12. The smallest absolute Gasteiger partial charge is 0.119 e. The zero-order chi connectivity index (χ0) is 18.1. The van der Waals surface area contributed by atoms with Crippen molar-refractivity contribution in [2.45, 2.75) is 25.5 Å². The Bertz CT molecular complexity index is 645. The molecule has 0 spiro atoms. The molecule has 2 aromatic carbocycles. The van der Waals surface area contributed by atoms with E-state index in [9.17, 15) is 0 Å². The number of benzene rings is 2. The first-order valence-electron chi connectivity index (χ1n) is 8.56. The van der Waals surface area contributed by atoms with Gasteiger partial charge in [0.05, 0.1) is 6.10 Å². The average Bonchev–Trinajstić information content (AvgIpc) is 2.62. The van der Waals surface area contributed by atoms with E-state index in [2.05, 4.69) is 24.4 Å². The van der Waals surface area contributed by atoms with E-state index < -0.39 is 0 Å². The molecular weight excluding hydrogens is 423 g/mol. The topological polar surface area (TPSA) is 88.0 Å². The van der Waals surface area contributed by atoms with Gasteiger partial charge < -0.3 is 26.0 Å². The molecule has 0 amide bonds. The SMILES string of the molecule is COC(CNC(C)Cc1ccc(OCCN)cc1)c1cccc(Cl)c1.Cl.Cl.O. The number of halogens is 3. The maximum absolute atomic E-state index is 6.07. The van der Waals surface area contributed by atoms with E-state index in [1.165, 1.54) is 5.56 Å². The lowest BCUT2D eigenvalue weighted by Crippen LogP contribution is -2.32. The van der Waals surface area contributed by atoms with Gasteiger partial charge >= 0.3 is 0 Å². The van der Waals surface area contributed by atoms with Crippen LogP contribution < -0.4 is 15.8 Å². The van der Waals surface area contributed by atoms with Gasteiger partial charge in [-0.2, -0.15) is 0 Å². The Morgan fingerprint density at radius 3 is 2.36 bits per heavy atom. The van der Waals surface area contributed by atoms with Crippen molar-refractivity contribution in [3.8, 4) is 5.75 Å². The van der Waals surface area contributed by atoms with Crippen molar-refractivity contribution in [2.24, 2.45) is 5.73 Å². The van der Waals surface area contributed by atoms with Crippen molar-refractivity contribution in [1.82, 2.24) is 5.32 Å². The van der Waals surface area contributed by atoms with Crippen molar-refractivity contribution in [3.63, 3.8) is 0 Å². The van der Waals surface area contributed by atoms with E-state index in [0.717, 1.165) is 29.3 Å². The van der Waals surface area contributed by atoms with Crippen molar-refractivity contribution >= 4 is 36.4 Å². The van der Waals surface area contributed by atoms with E-state index in [0.29, 0.717) is 19.2 Å². The zero-order valence-electron chi connectivity index (χ0n) is 16.2. The van der Waals surface area contributed by atoms with Crippen LogP contribution in [0.5, 0.6) is 5.75 Å². The summed E-state index contributed by atoms with van der Waals surface area (Å²) >= 11 is 6.07. The Labute approximate surface area is 185 Å². The van der Waals surface area contributed by atoms with Gasteiger partial charge in [-0.05, 0) is 48.7 Å². The summed E-state index contributed by atoms with van der Waals surface area (Å²) in [5.41, 5.74) is 7.78. The molecule has 0 aliphatic heterocycles. The fourth-order valence-electron chi connectivity index (χ4n) is 2.68. The largest absolute Gasteiger partial charge is 0.492 e. The minimum atomic E-state index is -0.0202. The first-order valence-corrected chi connectivity index (χ1v) is 8.93. The van der Waals surface area contributed by atoms with Crippen LogP contribution in [0.1, 0.15) is 24.2 Å². The molecule has 8 heteroatoms. The monoisotopic (exact) mass is 452 g/mol. The van der Waals surface area contributed by atoms with E-state index in [1.54, 1.807) is 7.11 Å². The number of rotatable bonds is 10. The second-order valence-electron chi connectivity index (χ2n) is 6.07. The first kappa shape index (κ1) is 29.2. The highest BCUT2D eigenvalue weighted by molar-refractivity contribution is 6.30. The Balaban J connectivity index is 0. The molecule has 0 saturated carbocycles. The van der Waals surface area contributed by atoms with Gasteiger partial charge in [0, 0.05) is 31.3 Å². The molecule has 5 nitrogen and oxygen atoms in total. The van der Waals surface area contributed by atoms with Crippen LogP contribution in [0.3, 0.4) is 0 Å². The fraction of sp³-hybridized carbons (Fsp3) is 0.400. The predicted molar refractivity (Wildman–Crippen MR) is 121 cm³/mol. The van der Waals surface area contributed by atoms with E-state index >= 15 is 0 Å². The lowest BCUT2D eigenvalue weighted by atomic mass is 10.1. The Hall–Kier alpha value is -1.05. The van der Waals surface area contributed by atoms with Crippen molar-refractivity contribution in [3.05, 3.63) is 64.7 Å². The van der Waals surface area contributed by atoms with Gasteiger partial charge in [-0.1, -0.05) is 35.9 Å². The molecule has 2 rings (SSSR count). The molecule has 0 aliphatic rings. The van der Waals surface area contributed by atoms with Crippen LogP contribution in [0.2, 0.25) is 5.02 Å². The number of methoxy groups -OCH3 is 1. The van der Waals surface area contributed by atoms with Gasteiger partial charge in [0.1, 0.15) is 12.4 Å².